The van der Waals surface area contributed by atoms with E-state index in [4.69, 9.17) is 5.26 Å². The molecular weight excluding hydrogens is 314 g/mol. The number of amides is 2. The number of anilines is 1. The Kier molecular flexibility index (Phi) is 3.76. The van der Waals surface area contributed by atoms with Gasteiger partial charge in [0.05, 0.1) is 18.3 Å². The highest BCUT2D eigenvalue weighted by molar-refractivity contribution is 7.90. The van der Waals surface area contributed by atoms with Crippen LogP contribution in [0.25, 0.3) is 0 Å². The Labute approximate surface area is 134 Å². The molecule has 0 unspecified atom stereocenters. The van der Waals surface area contributed by atoms with Crippen LogP contribution in [0.4, 0.5) is 10.5 Å². The van der Waals surface area contributed by atoms with Crippen molar-refractivity contribution in [2.45, 2.75) is 11.4 Å². The third kappa shape index (κ3) is 2.53. The molecule has 0 saturated carbocycles. The maximum atomic E-state index is 12.8. The summed E-state index contributed by atoms with van der Waals surface area (Å²) in [5.74, 6) is 0. The van der Waals surface area contributed by atoms with Crippen molar-refractivity contribution < 1.29 is 13.2 Å². The lowest BCUT2D eigenvalue weighted by molar-refractivity contribution is 0.227. The standard InChI is InChI=1S/C16H13N3O3S/c17-10-11-18-14-8-4-5-9-15(14)23(21,22)19(16(18)20)12-13-6-2-1-3-7-13/h1-9H,11-12H2. The molecule has 6 nitrogen and oxygen atoms in total. The lowest BCUT2D eigenvalue weighted by atomic mass is 10.2. The Morgan fingerprint density at radius 2 is 1.65 bits per heavy atom. The summed E-state index contributed by atoms with van der Waals surface area (Å²) in [7, 11) is -3.95. The number of benzene rings is 2. The molecule has 7 heteroatoms. The van der Waals surface area contributed by atoms with Gasteiger partial charge in [-0.15, -0.1) is 0 Å². The molecule has 3 rings (SSSR count). The topological polar surface area (TPSA) is 81.5 Å². The smallest absolute Gasteiger partial charge is 0.278 e. The average molecular weight is 327 g/mol. The lowest BCUT2D eigenvalue weighted by Crippen LogP contribution is -2.50. The molecule has 2 amide bonds. The van der Waals surface area contributed by atoms with Crippen molar-refractivity contribution in [2.24, 2.45) is 0 Å². The first-order valence-corrected chi connectivity index (χ1v) is 8.34. The van der Waals surface area contributed by atoms with E-state index in [0.717, 1.165) is 4.31 Å². The third-order valence-corrected chi connectivity index (χ3v) is 5.33. The van der Waals surface area contributed by atoms with E-state index < -0.39 is 16.1 Å². The highest BCUT2D eigenvalue weighted by atomic mass is 32.2. The summed E-state index contributed by atoms with van der Waals surface area (Å²) in [6.07, 6.45) is 0. The van der Waals surface area contributed by atoms with Crippen molar-refractivity contribution in [3.05, 3.63) is 60.2 Å². The maximum Gasteiger partial charge on any atom is 0.339 e. The summed E-state index contributed by atoms with van der Waals surface area (Å²) in [5, 5.41) is 8.96. The summed E-state index contributed by atoms with van der Waals surface area (Å²) in [4.78, 5) is 13.8. The van der Waals surface area contributed by atoms with Crippen LogP contribution in [0, 0.1) is 11.3 Å². The van der Waals surface area contributed by atoms with Crippen molar-refractivity contribution >= 4 is 21.7 Å². The Morgan fingerprint density at radius 3 is 2.35 bits per heavy atom. The minimum Gasteiger partial charge on any atom is -0.278 e. The summed E-state index contributed by atoms with van der Waals surface area (Å²) in [5.41, 5.74) is 0.934. The van der Waals surface area contributed by atoms with Crippen LogP contribution in [0.15, 0.2) is 59.5 Å². The number of fused-ring (bicyclic) bond motifs is 1. The van der Waals surface area contributed by atoms with Gasteiger partial charge in [0.25, 0.3) is 10.0 Å². The molecule has 23 heavy (non-hydrogen) atoms. The number of urea groups is 1. The second-order valence-electron chi connectivity index (χ2n) is 4.99. The van der Waals surface area contributed by atoms with Crippen LogP contribution in [0.3, 0.4) is 0 Å². The van der Waals surface area contributed by atoms with Gasteiger partial charge in [0.2, 0.25) is 0 Å². The minimum absolute atomic E-state index is 0.0331. The van der Waals surface area contributed by atoms with E-state index in [1.807, 2.05) is 12.1 Å². The molecule has 0 aliphatic carbocycles. The zero-order chi connectivity index (χ0) is 16.4. The van der Waals surface area contributed by atoms with Crippen LogP contribution >= 0.6 is 0 Å². The number of nitriles is 1. The van der Waals surface area contributed by atoms with Crippen molar-refractivity contribution in [2.75, 3.05) is 11.4 Å². The quantitative estimate of drug-likeness (QED) is 0.810. The van der Waals surface area contributed by atoms with Gasteiger partial charge < -0.3 is 0 Å². The van der Waals surface area contributed by atoms with E-state index in [9.17, 15) is 13.2 Å². The van der Waals surface area contributed by atoms with Gasteiger partial charge in [0, 0.05) is 0 Å². The number of para-hydroxylation sites is 1. The van der Waals surface area contributed by atoms with Crippen LogP contribution in [-0.4, -0.2) is 25.3 Å². The van der Waals surface area contributed by atoms with Gasteiger partial charge in [-0.1, -0.05) is 42.5 Å². The molecule has 0 N–H and O–H groups in total. The molecule has 2 aromatic rings. The van der Waals surface area contributed by atoms with Crippen LogP contribution < -0.4 is 4.90 Å². The van der Waals surface area contributed by atoms with Gasteiger partial charge in [-0.05, 0) is 17.7 Å². The molecule has 2 aromatic carbocycles. The molecule has 0 bridgehead atoms. The number of hydrogen-bond donors (Lipinski definition) is 0. The third-order valence-electron chi connectivity index (χ3n) is 3.57. The van der Waals surface area contributed by atoms with E-state index in [1.165, 1.54) is 17.0 Å². The average Bonchev–Trinajstić information content (AvgIpc) is 2.57. The first-order valence-electron chi connectivity index (χ1n) is 6.90. The summed E-state index contributed by atoms with van der Waals surface area (Å²) < 4.78 is 26.3. The molecule has 0 atom stereocenters. The predicted molar refractivity (Wildman–Crippen MR) is 84.0 cm³/mol. The summed E-state index contributed by atoms with van der Waals surface area (Å²) in [6.45, 7) is -0.283. The molecule has 1 aliphatic heterocycles. The first-order chi connectivity index (χ1) is 11.1. The number of nitrogens with zero attached hydrogens (tertiary/aromatic N) is 3. The van der Waals surface area contributed by atoms with Crippen molar-refractivity contribution in [1.29, 1.82) is 5.26 Å². The molecule has 0 spiro atoms. The summed E-state index contributed by atoms with van der Waals surface area (Å²) >= 11 is 0. The van der Waals surface area contributed by atoms with Gasteiger partial charge in [0.15, 0.2) is 0 Å². The fourth-order valence-electron chi connectivity index (χ4n) is 2.48. The van der Waals surface area contributed by atoms with Crippen LogP contribution in [-0.2, 0) is 16.6 Å². The van der Waals surface area contributed by atoms with E-state index in [0.29, 0.717) is 5.56 Å². The number of rotatable bonds is 3. The monoisotopic (exact) mass is 327 g/mol. The number of carbonyl (C=O) groups excluding carboxylic acids is 1. The van der Waals surface area contributed by atoms with Crippen LogP contribution in [0.5, 0.6) is 0 Å². The molecule has 0 fully saturated rings. The maximum absolute atomic E-state index is 12.8. The Morgan fingerprint density at radius 1 is 1.00 bits per heavy atom. The van der Waals surface area contributed by atoms with E-state index in [1.54, 1.807) is 36.4 Å². The fraction of sp³-hybridized carbons (Fsp3) is 0.125. The molecule has 0 aromatic heterocycles. The molecule has 0 saturated heterocycles. The first kappa shape index (κ1) is 15.1. The van der Waals surface area contributed by atoms with E-state index in [-0.39, 0.29) is 23.7 Å². The molecule has 1 aliphatic rings. The lowest BCUT2D eigenvalue weighted by Gasteiger charge is -2.35. The van der Waals surface area contributed by atoms with Crippen LogP contribution in [0.2, 0.25) is 0 Å². The highest BCUT2D eigenvalue weighted by Gasteiger charge is 2.41. The van der Waals surface area contributed by atoms with Crippen molar-refractivity contribution in [3.8, 4) is 6.07 Å². The van der Waals surface area contributed by atoms with Gasteiger partial charge in [-0.3, -0.25) is 4.90 Å². The number of hydrogen-bond acceptors (Lipinski definition) is 4. The van der Waals surface area contributed by atoms with E-state index in [2.05, 4.69) is 0 Å². The van der Waals surface area contributed by atoms with Crippen LogP contribution in [0.1, 0.15) is 5.56 Å². The SMILES string of the molecule is N#CCN1C(=O)N(Cc2ccccc2)S(=O)(=O)c2ccccc21. The van der Waals surface area contributed by atoms with Gasteiger partial charge in [0.1, 0.15) is 11.4 Å². The second-order valence-corrected chi connectivity index (χ2v) is 6.82. The number of carbonyl (C=O) groups is 1. The summed E-state index contributed by atoms with van der Waals surface area (Å²) in [6, 6.07) is 16.3. The van der Waals surface area contributed by atoms with Gasteiger partial charge in [-0.2, -0.15) is 5.26 Å². The largest absolute Gasteiger partial charge is 0.339 e. The molecule has 0 radical (unpaired) electrons. The molecule has 1 heterocycles. The Hall–Kier alpha value is -2.85. The van der Waals surface area contributed by atoms with Gasteiger partial charge >= 0.3 is 6.03 Å². The number of sulfonamides is 1. The zero-order valence-corrected chi connectivity index (χ0v) is 12.9. The fourth-order valence-corrected chi connectivity index (χ4v) is 4.04. The molecular formula is C16H13N3O3S. The second kappa shape index (κ2) is 5.74. The predicted octanol–water partition coefficient (Wildman–Crippen LogP) is 2.34. The molecule has 116 valence electrons. The van der Waals surface area contributed by atoms with E-state index >= 15 is 0 Å². The normalized spacial score (nSPS) is 15.9. The zero-order valence-electron chi connectivity index (χ0n) is 12.1. The highest BCUT2D eigenvalue weighted by Crippen LogP contribution is 2.34. The Bertz CT molecular complexity index is 888. The van der Waals surface area contributed by atoms with Crippen molar-refractivity contribution in [3.63, 3.8) is 0 Å². The van der Waals surface area contributed by atoms with Gasteiger partial charge in [-0.25, -0.2) is 17.5 Å². The minimum atomic E-state index is -3.95. The Balaban J connectivity index is 2.11. The van der Waals surface area contributed by atoms with Crippen molar-refractivity contribution in [1.82, 2.24) is 4.31 Å².